The van der Waals surface area contributed by atoms with Crippen molar-refractivity contribution in [2.45, 2.75) is 26.5 Å². The average Bonchev–Trinajstić information content (AvgIpc) is 2.86. The molecule has 2 aromatic carbocycles. The van der Waals surface area contributed by atoms with E-state index in [9.17, 15) is 15.2 Å². The fourth-order valence-corrected chi connectivity index (χ4v) is 2.89. The molecule has 25 heavy (non-hydrogen) atoms. The summed E-state index contributed by atoms with van der Waals surface area (Å²) in [6.45, 7) is 3.41. The van der Waals surface area contributed by atoms with E-state index >= 15 is 0 Å². The van der Waals surface area contributed by atoms with Crippen molar-refractivity contribution in [2.75, 3.05) is 6.61 Å². The first-order chi connectivity index (χ1) is 12.0. The monoisotopic (exact) mass is 341 g/mol. The number of aliphatic hydroxyl groups is 1. The van der Waals surface area contributed by atoms with Gasteiger partial charge in [-0.3, -0.25) is 14.8 Å². The number of aliphatic hydroxyl groups excluding tert-OH is 1. The number of ether oxygens (including phenoxy) is 1. The predicted octanol–water partition coefficient (Wildman–Crippen LogP) is 3.00. The summed E-state index contributed by atoms with van der Waals surface area (Å²) in [6.07, 6.45) is -0.837. The Labute approximate surface area is 144 Å². The molecule has 0 saturated carbocycles. The molecule has 0 aliphatic heterocycles. The molecule has 7 nitrogen and oxygen atoms in total. The molecule has 0 bridgehead atoms. The lowest BCUT2D eigenvalue weighted by Crippen LogP contribution is -2.24. The molecule has 7 heteroatoms. The summed E-state index contributed by atoms with van der Waals surface area (Å²) in [7, 11) is 0. The molecule has 3 rings (SSSR count). The Kier molecular flexibility index (Phi) is 4.67. The van der Waals surface area contributed by atoms with Crippen molar-refractivity contribution in [1.82, 2.24) is 9.78 Å². The molecule has 0 aliphatic carbocycles. The van der Waals surface area contributed by atoms with E-state index < -0.39 is 11.0 Å². The minimum atomic E-state index is -0.837. The van der Waals surface area contributed by atoms with Crippen LogP contribution < -0.4 is 4.74 Å². The van der Waals surface area contributed by atoms with Gasteiger partial charge in [0.2, 0.25) is 0 Å². The van der Waals surface area contributed by atoms with E-state index in [1.165, 1.54) is 4.68 Å². The van der Waals surface area contributed by atoms with E-state index in [1.54, 1.807) is 13.8 Å². The number of rotatable bonds is 6. The molecule has 130 valence electrons. The van der Waals surface area contributed by atoms with Gasteiger partial charge in [-0.1, -0.05) is 36.4 Å². The van der Waals surface area contributed by atoms with Crippen molar-refractivity contribution >= 4 is 16.5 Å². The first-order valence-corrected chi connectivity index (χ1v) is 7.94. The minimum Gasteiger partial charge on any atom is -0.490 e. The van der Waals surface area contributed by atoms with Gasteiger partial charge in [-0.2, -0.15) is 5.10 Å². The largest absolute Gasteiger partial charge is 0.490 e. The summed E-state index contributed by atoms with van der Waals surface area (Å²) in [4.78, 5) is 10.6. The number of aromatic nitrogens is 2. The van der Waals surface area contributed by atoms with Crippen molar-refractivity contribution in [3.63, 3.8) is 0 Å². The van der Waals surface area contributed by atoms with Gasteiger partial charge in [-0.25, -0.2) is 0 Å². The summed E-state index contributed by atoms with van der Waals surface area (Å²) in [5.74, 6) is 0.691. The van der Waals surface area contributed by atoms with Crippen LogP contribution >= 0.6 is 0 Å². The topological polar surface area (TPSA) is 90.4 Å². The van der Waals surface area contributed by atoms with Crippen molar-refractivity contribution in [3.05, 3.63) is 64.0 Å². The van der Waals surface area contributed by atoms with E-state index in [1.807, 2.05) is 42.5 Å². The Morgan fingerprint density at radius 3 is 2.68 bits per heavy atom. The second-order valence-electron chi connectivity index (χ2n) is 5.90. The van der Waals surface area contributed by atoms with Gasteiger partial charge in [-0.15, -0.1) is 0 Å². The molecule has 0 radical (unpaired) electrons. The third-order valence-electron chi connectivity index (χ3n) is 4.09. The smallest absolute Gasteiger partial charge is 0.312 e. The zero-order valence-electron chi connectivity index (χ0n) is 14.0. The van der Waals surface area contributed by atoms with Crippen LogP contribution in [0, 0.1) is 24.0 Å². The lowest BCUT2D eigenvalue weighted by atomic mass is 10.1. The lowest BCUT2D eigenvalue weighted by molar-refractivity contribution is -0.386. The summed E-state index contributed by atoms with van der Waals surface area (Å²) >= 11 is 0. The number of hydrogen-bond donors (Lipinski definition) is 1. The van der Waals surface area contributed by atoms with Gasteiger partial charge in [0.25, 0.3) is 0 Å². The van der Waals surface area contributed by atoms with Gasteiger partial charge in [0.05, 0.1) is 11.5 Å². The summed E-state index contributed by atoms with van der Waals surface area (Å²) in [5.41, 5.74) is 0.749. The second-order valence-corrected chi connectivity index (χ2v) is 5.90. The van der Waals surface area contributed by atoms with Crippen molar-refractivity contribution < 1.29 is 14.8 Å². The van der Waals surface area contributed by atoms with Crippen LogP contribution in [0.15, 0.2) is 42.5 Å². The number of fused-ring (bicyclic) bond motifs is 1. The second kappa shape index (κ2) is 6.90. The third kappa shape index (κ3) is 3.46. The lowest BCUT2D eigenvalue weighted by Gasteiger charge is -2.14. The Morgan fingerprint density at radius 1 is 1.24 bits per heavy atom. The number of aryl methyl sites for hydroxylation is 1. The Morgan fingerprint density at radius 2 is 1.96 bits per heavy atom. The molecule has 0 spiro atoms. The molecule has 1 aromatic heterocycles. The van der Waals surface area contributed by atoms with Crippen molar-refractivity contribution in [1.29, 1.82) is 0 Å². The van der Waals surface area contributed by atoms with Crippen LogP contribution in [0.3, 0.4) is 0 Å². The summed E-state index contributed by atoms with van der Waals surface area (Å²) in [5, 5.41) is 27.5. The third-order valence-corrected chi connectivity index (χ3v) is 4.09. The van der Waals surface area contributed by atoms with E-state index in [2.05, 4.69) is 5.10 Å². The highest BCUT2D eigenvalue weighted by molar-refractivity contribution is 5.88. The molecule has 0 fully saturated rings. The minimum absolute atomic E-state index is 0.0119. The summed E-state index contributed by atoms with van der Waals surface area (Å²) < 4.78 is 7.20. The highest BCUT2D eigenvalue weighted by Crippen LogP contribution is 2.25. The maximum Gasteiger partial charge on any atom is 0.312 e. The molecule has 0 aliphatic rings. The van der Waals surface area contributed by atoms with Crippen molar-refractivity contribution in [3.8, 4) is 5.75 Å². The van der Waals surface area contributed by atoms with Gasteiger partial charge in [-0.05, 0) is 25.3 Å². The van der Waals surface area contributed by atoms with Crippen LogP contribution in [-0.4, -0.2) is 32.5 Å². The van der Waals surface area contributed by atoms with Gasteiger partial charge in [0.15, 0.2) is 0 Å². The molecule has 1 atom stereocenters. The number of nitrogens with zero attached hydrogens (tertiary/aromatic N) is 3. The SMILES string of the molecule is Cc1nn(C[C@@H](O)COc2cccc3ccccc23)c(C)c1[N+](=O)[O-]. The van der Waals surface area contributed by atoms with Gasteiger partial charge in [0.1, 0.15) is 29.8 Å². The van der Waals surface area contributed by atoms with Gasteiger partial charge in [0, 0.05) is 5.39 Å². The fourth-order valence-electron chi connectivity index (χ4n) is 2.89. The zero-order chi connectivity index (χ0) is 18.0. The first kappa shape index (κ1) is 16.9. The van der Waals surface area contributed by atoms with Crippen LogP contribution in [0.2, 0.25) is 0 Å². The van der Waals surface area contributed by atoms with Crippen LogP contribution in [0.1, 0.15) is 11.4 Å². The molecule has 0 saturated heterocycles. The molecular weight excluding hydrogens is 322 g/mol. The van der Waals surface area contributed by atoms with E-state index in [0.717, 1.165) is 10.8 Å². The van der Waals surface area contributed by atoms with Crippen LogP contribution in [0.5, 0.6) is 5.75 Å². The van der Waals surface area contributed by atoms with E-state index in [4.69, 9.17) is 4.74 Å². The molecular formula is C18H19N3O4. The highest BCUT2D eigenvalue weighted by Gasteiger charge is 2.23. The number of hydrogen-bond acceptors (Lipinski definition) is 5. The predicted molar refractivity (Wildman–Crippen MR) is 93.8 cm³/mol. The molecule has 1 N–H and O–H groups in total. The van der Waals surface area contributed by atoms with Crippen LogP contribution in [-0.2, 0) is 6.54 Å². The highest BCUT2D eigenvalue weighted by atomic mass is 16.6. The molecule has 1 heterocycles. The van der Waals surface area contributed by atoms with Gasteiger partial charge < -0.3 is 9.84 Å². The standard InChI is InChI=1S/C18H19N3O4/c1-12-18(21(23)24)13(2)20(19-12)10-15(22)11-25-17-9-5-7-14-6-3-4-8-16(14)17/h3-9,15,22H,10-11H2,1-2H3/t15-/m1/s1. The van der Waals surface area contributed by atoms with Crippen molar-refractivity contribution in [2.24, 2.45) is 0 Å². The molecule has 0 amide bonds. The number of nitro groups is 1. The molecule has 3 aromatic rings. The molecule has 0 unspecified atom stereocenters. The average molecular weight is 341 g/mol. The number of benzene rings is 2. The Balaban J connectivity index is 1.70. The fraction of sp³-hybridized carbons (Fsp3) is 0.278. The van der Waals surface area contributed by atoms with E-state index in [-0.39, 0.29) is 18.8 Å². The zero-order valence-corrected chi connectivity index (χ0v) is 14.0. The van der Waals surface area contributed by atoms with Crippen LogP contribution in [0.4, 0.5) is 5.69 Å². The normalized spacial score (nSPS) is 12.3. The maximum absolute atomic E-state index is 11.0. The first-order valence-electron chi connectivity index (χ1n) is 7.94. The summed E-state index contributed by atoms with van der Waals surface area (Å²) in [6, 6.07) is 13.6. The maximum atomic E-state index is 11.0. The quantitative estimate of drug-likeness (QED) is 0.550. The van der Waals surface area contributed by atoms with Gasteiger partial charge >= 0.3 is 5.69 Å². The van der Waals surface area contributed by atoms with E-state index in [0.29, 0.717) is 17.1 Å². The van der Waals surface area contributed by atoms with Crippen LogP contribution in [0.25, 0.3) is 10.8 Å². The Bertz CT molecular complexity index is 915. The Hall–Kier alpha value is -2.93.